The third-order valence-corrected chi connectivity index (χ3v) is 5.57. The van der Waals surface area contributed by atoms with Gasteiger partial charge in [0, 0.05) is 24.3 Å². The Morgan fingerprint density at radius 2 is 1.61 bits per heavy atom. The molecule has 0 saturated heterocycles. The van der Waals surface area contributed by atoms with E-state index in [2.05, 4.69) is 10.4 Å². The van der Waals surface area contributed by atoms with Crippen LogP contribution >= 0.6 is 11.6 Å². The summed E-state index contributed by atoms with van der Waals surface area (Å²) in [4.78, 5) is 27.0. The van der Waals surface area contributed by atoms with Gasteiger partial charge in [-0.05, 0) is 57.5 Å². The second-order valence-corrected chi connectivity index (χ2v) is 7.76. The van der Waals surface area contributed by atoms with Gasteiger partial charge in [0.1, 0.15) is 5.15 Å². The fourth-order valence-corrected chi connectivity index (χ4v) is 3.69. The van der Waals surface area contributed by atoms with Gasteiger partial charge in [-0.2, -0.15) is 5.10 Å². The summed E-state index contributed by atoms with van der Waals surface area (Å²) < 4.78 is 1.63. The Labute approximate surface area is 187 Å². The molecule has 0 fully saturated rings. The van der Waals surface area contributed by atoms with E-state index in [4.69, 9.17) is 11.6 Å². The molecule has 3 aromatic rings. The number of hydrogen-bond donors (Lipinski definition) is 1. The second kappa shape index (κ2) is 9.79. The number of aryl methyl sites for hydroxylation is 2. The zero-order valence-electron chi connectivity index (χ0n) is 18.3. The summed E-state index contributed by atoms with van der Waals surface area (Å²) in [5.41, 5.74) is 4.30. The highest BCUT2D eigenvalue weighted by Crippen LogP contribution is 2.23. The highest BCUT2D eigenvalue weighted by atomic mass is 35.5. The number of rotatable bonds is 7. The largest absolute Gasteiger partial charge is 0.339 e. The van der Waals surface area contributed by atoms with Crippen molar-refractivity contribution in [2.24, 2.45) is 0 Å². The quantitative estimate of drug-likeness (QED) is 0.568. The summed E-state index contributed by atoms with van der Waals surface area (Å²) in [7, 11) is 0. The minimum Gasteiger partial charge on any atom is -0.339 e. The standard InChI is InChI=1S/C24H27ClN4O2/c1-5-28(6-2)24(31)19-11-13-20(14-12-19)26-23(30)21-17(4)27-29(22(21)25)15-18-9-7-16(3)8-10-18/h7-14H,5-6,15H2,1-4H3,(H,26,30). The van der Waals surface area contributed by atoms with Crippen molar-refractivity contribution in [3.05, 3.63) is 81.6 Å². The van der Waals surface area contributed by atoms with Crippen LogP contribution in [0.5, 0.6) is 0 Å². The number of nitrogens with zero attached hydrogens (tertiary/aromatic N) is 3. The first-order valence-corrected chi connectivity index (χ1v) is 10.7. The molecular weight excluding hydrogens is 412 g/mol. The van der Waals surface area contributed by atoms with Crippen LogP contribution in [0.4, 0.5) is 5.69 Å². The molecule has 3 rings (SSSR count). The van der Waals surface area contributed by atoms with Gasteiger partial charge in [0.2, 0.25) is 0 Å². The molecule has 0 spiro atoms. The number of aromatic nitrogens is 2. The number of hydrogen-bond acceptors (Lipinski definition) is 3. The van der Waals surface area contributed by atoms with Gasteiger partial charge < -0.3 is 10.2 Å². The molecule has 0 aliphatic carbocycles. The predicted octanol–water partition coefficient (Wildman–Crippen LogP) is 4.94. The average molecular weight is 439 g/mol. The van der Waals surface area contributed by atoms with Crippen molar-refractivity contribution in [3.63, 3.8) is 0 Å². The molecule has 1 N–H and O–H groups in total. The maximum absolute atomic E-state index is 12.9. The van der Waals surface area contributed by atoms with Crippen LogP contribution in [0.3, 0.4) is 0 Å². The van der Waals surface area contributed by atoms with Gasteiger partial charge in [0.05, 0.1) is 17.8 Å². The topological polar surface area (TPSA) is 67.2 Å². The number of nitrogens with one attached hydrogen (secondary N) is 1. The lowest BCUT2D eigenvalue weighted by Crippen LogP contribution is -2.30. The molecule has 2 aromatic carbocycles. The predicted molar refractivity (Wildman–Crippen MR) is 124 cm³/mol. The lowest BCUT2D eigenvalue weighted by atomic mass is 10.1. The van der Waals surface area contributed by atoms with Crippen LogP contribution in [0, 0.1) is 13.8 Å². The molecule has 2 amide bonds. The first kappa shape index (κ1) is 22.6. The summed E-state index contributed by atoms with van der Waals surface area (Å²) >= 11 is 6.49. The van der Waals surface area contributed by atoms with E-state index in [0.717, 1.165) is 5.56 Å². The third kappa shape index (κ3) is 5.14. The summed E-state index contributed by atoms with van der Waals surface area (Å²) in [5.74, 6) is -0.361. The van der Waals surface area contributed by atoms with Crippen LogP contribution in [-0.2, 0) is 6.54 Å². The number of anilines is 1. The van der Waals surface area contributed by atoms with Crippen molar-refractivity contribution in [2.75, 3.05) is 18.4 Å². The van der Waals surface area contributed by atoms with E-state index in [1.165, 1.54) is 5.56 Å². The van der Waals surface area contributed by atoms with Gasteiger partial charge in [-0.25, -0.2) is 4.68 Å². The van der Waals surface area contributed by atoms with Crippen molar-refractivity contribution < 1.29 is 9.59 Å². The Bertz CT molecular complexity index is 1070. The first-order chi connectivity index (χ1) is 14.8. The van der Waals surface area contributed by atoms with Crippen molar-refractivity contribution >= 4 is 29.1 Å². The van der Waals surface area contributed by atoms with Crippen LogP contribution in [-0.4, -0.2) is 39.6 Å². The molecule has 0 aliphatic heterocycles. The summed E-state index contributed by atoms with van der Waals surface area (Å²) in [6.45, 7) is 9.47. The molecular formula is C24H27ClN4O2. The van der Waals surface area contributed by atoms with Crippen molar-refractivity contribution in [1.29, 1.82) is 0 Å². The molecule has 6 nitrogen and oxygen atoms in total. The molecule has 1 aromatic heterocycles. The SMILES string of the molecule is CCN(CC)C(=O)c1ccc(NC(=O)c2c(C)nn(Cc3ccc(C)cc3)c2Cl)cc1. The first-order valence-electron chi connectivity index (χ1n) is 10.3. The molecule has 0 unspecified atom stereocenters. The monoisotopic (exact) mass is 438 g/mol. The number of halogens is 1. The third-order valence-electron chi connectivity index (χ3n) is 5.19. The van der Waals surface area contributed by atoms with Crippen molar-refractivity contribution in [1.82, 2.24) is 14.7 Å². The Morgan fingerprint density at radius 1 is 1.00 bits per heavy atom. The number of carbonyl (C=O) groups is 2. The number of benzene rings is 2. The summed E-state index contributed by atoms with van der Waals surface area (Å²) in [5, 5.41) is 7.58. The van der Waals surface area contributed by atoms with Gasteiger partial charge in [-0.15, -0.1) is 0 Å². The van der Waals surface area contributed by atoms with E-state index in [9.17, 15) is 9.59 Å². The van der Waals surface area contributed by atoms with Crippen LogP contribution in [0.15, 0.2) is 48.5 Å². The molecule has 162 valence electrons. The Morgan fingerprint density at radius 3 is 2.19 bits per heavy atom. The van der Waals surface area contributed by atoms with E-state index in [0.29, 0.717) is 47.3 Å². The lowest BCUT2D eigenvalue weighted by Gasteiger charge is -2.18. The minimum atomic E-state index is -0.333. The Hall–Kier alpha value is -3.12. The average Bonchev–Trinajstić information content (AvgIpc) is 3.04. The number of carbonyl (C=O) groups excluding carboxylic acids is 2. The maximum Gasteiger partial charge on any atom is 0.260 e. The van der Waals surface area contributed by atoms with E-state index in [1.54, 1.807) is 40.8 Å². The van der Waals surface area contributed by atoms with Crippen LogP contribution in [0.25, 0.3) is 0 Å². The van der Waals surface area contributed by atoms with Gasteiger partial charge in [-0.3, -0.25) is 9.59 Å². The molecule has 0 bridgehead atoms. The van der Waals surface area contributed by atoms with E-state index >= 15 is 0 Å². The van der Waals surface area contributed by atoms with Gasteiger partial charge in [-0.1, -0.05) is 41.4 Å². The fourth-order valence-electron chi connectivity index (χ4n) is 3.37. The zero-order chi connectivity index (χ0) is 22.5. The highest BCUT2D eigenvalue weighted by molar-refractivity contribution is 6.33. The van der Waals surface area contributed by atoms with E-state index in [1.807, 2.05) is 45.0 Å². The summed E-state index contributed by atoms with van der Waals surface area (Å²) in [6.07, 6.45) is 0. The van der Waals surface area contributed by atoms with Gasteiger partial charge in [0.25, 0.3) is 11.8 Å². The summed E-state index contributed by atoms with van der Waals surface area (Å²) in [6, 6.07) is 15.0. The minimum absolute atomic E-state index is 0.0286. The molecule has 0 radical (unpaired) electrons. The molecule has 0 atom stereocenters. The van der Waals surface area contributed by atoms with Crippen molar-refractivity contribution in [3.8, 4) is 0 Å². The zero-order valence-corrected chi connectivity index (χ0v) is 19.0. The molecule has 0 saturated carbocycles. The maximum atomic E-state index is 12.9. The highest BCUT2D eigenvalue weighted by Gasteiger charge is 2.21. The molecule has 1 heterocycles. The molecule has 31 heavy (non-hydrogen) atoms. The van der Waals surface area contributed by atoms with Crippen molar-refractivity contribution in [2.45, 2.75) is 34.2 Å². The van der Waals surface area contributed by atoms with Gasteiger partial charge in [0.15, 0.2) is 0 Å². The van der Waals surface area contributed by atoms with Crippen LogP contribution in [0.2, 0.25) is 5.15 Å². The Balaban J connectivity index is 1.74. The van der Waals surface area contributed by atoms with E-state index < -0.39 is 0 Å². The smallest absolute Gasteiger partial charge is 0.260 e. The molecule has 0 aliphatic rings. The fraction of sp³-hybridized carbons (Fsp3) is 0.292. The second-order valence-electron chi connectivity index (χ2n) is 7.40. The van der Waals surface area contributed by atoms with Crippen LogP contribution < -0.4 is 5.32 Å². The van der Waals surface area contributed by atoms with Crippen LogP contribution in [0.1, 0.15) is 51.4 Å². The van der Waals surface area contributed by atoms with Gasteiger partial charge >= 0.3 is 0 Å². The molecule has 7 heteroatoms. The number of amides is 2. The Kier molecular flexibility index (Phi) is 7.13. The normalized spacial score (nSPS) is 10.7. The lowest BCUT2D eigenvalue weighted by molar-refractivity contribution is 0.0773. The van der Waals surface area contributed by atoms with E-state index in [-0.39, 0.29) is 11.8 Å².